The molecule has 3 rings (SSSR count). The van der Waals surface area contributed by atoms with Crippen LogP contribution in [0.25, 0.3) is 0 Å². The van der Waals surface area contributed by atoms with Gasteiger partial charge in [0.15, 0.2) is 0 Å². The van der Waals surface area contributed by atoms with Crippen molar-refractivity contribution in [1.82, 2.24) is 0 Å². The summed E-state index contributed by atoms with van der Waals surface area (Å²) < 4.78 is 5.86. The summed E-state index contributed by atoms with van der Waals surface area (Å²) in [6.45, 7) is 5.86. The fraction of sp³-hybridized carbons (Fsp3) is 0.739. The van der Waals surface area contributed by atoms with Gasteiger partial charge >= 0.3 is 11.9 Å². The van der Waals surface area contributed by atoms with Crippen molar-refractivity contribution in [3.8, 4) is 0 Å². The maximum Gasteiger partial charge on any atom is 0.377 e. The number of rotatable bonds is 9. The molecule has 3 aliphatic rings. The number of hydrogen-bond acceptors (Lipinski definition) is 8. The highest BCUT2D eigenvalue weighted by molar-refractivity contribution is 5.77. The molecule has 0 bridgehead atoms. The number of fused-ring (bicyclic) bond motifs is 1. The zero-order valence-corrected chi connectivity index (χ0v) is 18.3. The third-order valence-corrected chi connectivity index (χ3v) is 6.82. The molecule has 1 unspecified atom stereocenters. The predicted molar refractivity (Wildman–Crippen MR) is 110 cm³/mol. The number of esters is 1. The molecule has 0 aromatic carbocycles. The Morgan fingerprint density at radius 1 is 1.35 bits per heavy atom. The van der Waals surface area contributed by atoms with Crippen molar-refractivity contribution < 1.29 is 39.4 Å². The molecule has 0 radical (unpaired) electrons. The first-order valence-electron chi connectivity index (χ1n) is 11.2. The van der Waals surface area contributed by atoms with E-state index in [4.69, 9.17) is 4.74 Å². The summed E-state index contributed by atoms with van der Waals surface area (Å²) in [6.07, 6.45) is 3.97. The fourth-order valence-electron chi connectivity index (χ4n) is 4.69. The average Bonchev–Trinajstić information content (AvgIpc) is 2.71. The van der Waals surface area contributed by atoms with Crippen LogP contribution >= 0.6 is 0 Å². The maximum atomic E-state index is 12.5. The lowest BCUT2D eigenvalue weighted by atomic mass is 9.66. The van der Waals surface area contributed by atoms with E-state index in [2.05, 4.69) is 22.8 Å². The van der Waals surface area contributed by atoms with Crippen molar-refractivity contribution in [2.24, 2.45) is 23.7 Å². The van der Waals surface area contributed by atoms with Gasteiger partial charge in [-0.2, -0.15) is 4.89 Å². The van der Waals surface area contributed by atoms with E-state index >= 15 is 0 Å². The van der Waals surface area contributed by atoms with E-state index in [9.17, 15) is 24.9 Å². The van der Waals surface area contributed by atoms with Crippen LogP contribution in [-0.2, 0) is 24.1 Å². The first kappa shape index (κ1) is 23.9. The molecule has 9 atom stereocenters. The van der Waals surface area contributed by atoms with Crippen molar-refractivity contribution in [3.05, 3.63) is 23.8 Å². The van der Waals surface area contributed by atoms with Crippen LogP contribution in [0.1, 0.15) is 52.9 Å². The lowest BCUT2D eigenvalue weighted by Gasteiger charge is -2.43. The zero-order chi connectivity index (χ0) is 22.7. The Balaban J connectivity index is 1.66. The van der Waals surface area contributed by atoms with Gasteiger partial charge in [0.05, 0.1) is 24.2 Å². The van der Waals surface area contributed by atoms with Gasteiger partial charge in [0.25, 0.3) is 0 Å². The minimum atomic E-state index is -1.12. The lowest BCUT2D eigenvalue weighted by molar-refractivity contribution is -0.375. The van der Waals surface area contributed by atoms with Crippen LogP contribution in [0.5, 0.6) is 0 Å². The van der Waals surface area contributed by atoms with E-state index in [0.717, 1.165) is 5.57 Å². The predicted octanol–water partition coefficient (Wildman–Crippen LogP) is 1.82. The Kier molecular flexibility index (Phi) is 7.91. The van der Waals surface area contributed by atoms with Crippen LogP contribution in [0.3, 0.4) is 0 Å². The van der Waals surface area contributed by atoms with Gasteiger partial charge < -0.3 is 20.1 Å². The van der Waals surface area contributed by atoms with Crippen molar-refractivity contribution in [3.63, 3.8) is 0 Å². The number of carbonyl (C=O) groups excluding carboxylic acids is 2. The Morgan fingerprint density at radius 3 is 2.71 bits per heavy atom. The molecule has 8 nitrogen and oxygen atoms in total. The number of aliphatic hydroxyl groups is 3. The first-order chi connectivity index (χ1) is 14.7. The smallest absolute Gasteiger partial charge is 0.377 e. The maximum absolute atomic E-state index is 12.5. The van der Waals surface area contributed by atoms with Crippen molar-refractivity contribution in [2.45, 2.75) is 83.4 Å². The standard InChI is InChI=1S/C23H34O8/c1-4-12(2)22(27)29-19-11-16(25)9-14-6-5-13(3)17(20(14)19)8-7-15(24)10-18(26)21-23(28)31-30-21/h5-6,9,12-13,15-21,24-26H,4,7-8,10-11H2,1-3H3/t12-,13-,15+,16+,17-,18+,19-,20-,21?/m0/s1. The zero-order valence-electron chi connectivity index (χ0n) is 18.3. The average molecular weight is 439 g/mol. The van der Waals surface area contributed by atoms with Gasteiger partial charge in [-0.25, -0.2) is 4.79 Å². The SMILES string of the molecule is CC[C@H](C)C(=O)O[C@H]1C[C@H](O)C=C2C=C[C@H](C)[C@H](CC[C@@H](O)C[C@@H](O)C3OOC3=O)[C@H]21. The molecule has 1 fully saturated rings. The molecule has 0 amide bonds. The van der Waals surface area contributed by atoms with Gasteiger partial charge in [-0.1, -0.05) is 39.0 Å². The summed E-state index contributed by atoms with van der Waals surface area (Å²) in [5.74, 6) is -0.840. The Morgan fingerprint density at radius 2 is 2.10 bits per heavy atom. The second-order valence-corrected chi connectivity index (χ2v) is 9.12. The molecule has 174 valence electrons. The minimum Gasteiger partial charge on any atom is -0.461 e. The van der Waals surface area contributed by atoms with Crippen LogP contribution in [0.15, 0.2) is 23.8 Å². The van der Waals surface area contributed by atoms with E-state index in [1.807, 2.05) is 26.0 Å². The summed E-state index contributed by atoms with van der Waals surface area (Å²) >= 11 is 0. The second kappa shape index (κ2) is 10.3. The quantitative estimate of drug-likeness (QED) is 0.368. The van der Waals surface area contributed by atoms with E-state index in [0.29, 0.717) is 25.7 Å². The molecule has 0 spiro atoms. The molecule has 1 heterocycles. The number of aliphatic hydroxyl groups excluding tert-OH is 3. The molecule has 0 aromatic heterocycles. The highest BCUT2D eigenvalue weighted by Gasteiger charge is 2.43. The molecule has 1 aliphatic heterocycles. The molecule has 0 saturated carbocycles. The van der Waals surface area contributed by atoms with Crippen molar-refractivity contribution >= 4 is 11.9 Å². The van der Waals surface area contributed by atoms with Gasteiger partial charge in [-0.15, -0.1) is 0 Å². The topological polar surface area (TPSA) is 123 Å². The monoisotopic (exact) mass is 438 g/mol. The third-order valence-electron chi connectivity index (χ3n) is 6.82. The lowest BCUT2D eigenvalue weighted by Crippen LogP contribution is -2.48. The Bertz CT molecular complexity index is 716. The second-order valence-electron chi connectivity index (χ2n) is 9.12. The number of hydrogen-bond donors (Lipinski definition) is 3. The molecule has 1 saturated heterocycles. The van der Waals surface area contributed by atoms with E-state index in [-0.39, 0.29) is 36.1 Å². The largest absolute Gasteiger partial charge is 0.461 e. The van der Waals surface area contributed by atoms with E-state index in [1.54, 1.807) is 0 Å². The van der Waals surface area contributed by atoms with Crippen molar-refractivity contribution in [1.29, 1.82) is 0 Å². The summed E-state index contributed by atoms with van der Waals surface area (Å²) in [6, 6.07) is 0. The van der Waals surface area contributed by atoms with Gasteiger partial charge in [-0.05, 0) is 36.7 Å². The Labute approximate surface area is 182 Å². The van der Waals surface area contributed by atoms with E-state index in [1.165, 1.54) is 0 Å². The molecular formula is C23H34O8. The molecule has 0 aromatic rings. The van der Waals surface area contributed by atoms with Gasteiger partial charge in [0, 0.05) is 18.8 Å². The molecule has 31 heavy (non-hydrogen) atoms. The van der Waals surface area contributed by atoms with Crippen LogP contribution in [0, 0.1) is 23.7 Å². The van der Waals surface area contributed by atoms with Gasteiger partial charge in [0.2, 0.25) is 6.10 Å². The molecule has 8 heteroatoms. The summed E-state index contributed by atoms with van der Waals surface area (Å²) in [7, 11) is 0. The van der Waals surface area contributed by atoms with Crippen LogP contribution < -0.4 is 0 Å². The summed E-state index contributed by atoms with van der Waals surface area (Å²) in [5, 5.41) is 30.7. The van der Waals surface area contributed by atoms with Crippen LogP contribution in [-0.4, -0.2) is 57.8 Å². The molecule has 2 aliphatic carbocycles. The molecule has 3 N–H and O–H groups in total. The first-order valence-corrected chi connectivity index (χ1v) is 11.2. The third kappa shape index (κ3) is 5.55. The van der Waals surface area contributed by atoms with Crippen LogP contribution in [0.4, 0.5) is 0 Å². The molecular weight excluding hydrogens is 404 g/mol. The number of allylic oxidation sites excluding steroid dienone is 2. The summed E-state index contributed by atoms with van der Waals surface area (Å²) in [5.41, 5.74) is 0.962. The van der Waals surface area contributed by atoms with E-state index < -0.39 is 36.5 Å². The van der Waals surface area contributed by atoms with Crippen LogP contribution in [0.2, 0.25) is 0 Å². The minimum absolute atomic E-state index is 0.00914. The summed E-state index contributed by atoms with van der Waals surface area (Å²) in [4.78, 5) is 32.5. The highest BCUT2D eigenvalue weighted by Crippen LogP contribution is 2.44. The number of carbonyl (C=O) groups is 2. The fourth-order valence-corrected chi connectivity index (χ4v) is 4.69. The van der Waals surface area contributed by atoms with Gasteiger partial charge in [-0.3, -0.25) is 9.68 Å². The normalized spacial score (nSPS) is 35.2. The van der Waals surface area contributed by atoms with Crippen molar-refractivity contribution in [2.75, 3.05) is 0 Å². The highest BCUT2D eigenvalue weighted by atomic mass is 17.3. The number of ether oxygens (including phenoxy) is 1. The van der Waals surface area contributed by atoms with Gasteiger partial charge in [0.1, 0.15) is 6.10 Å². The Hall–Kier alpha value is -1.74.